The zero-order valence-corrected chi connectivity index (χ0v) is 17.5. The topological polar surface area (TPSA) is 70.2 Å². The second kappa shape index (κ2) is 8.90. The summed E-state index contributed by atoms with van der Waals surface area (Å²) >= 11 is 0. The van der Waals surface area contributed by atoms with Crippen molar-refractivity contribution in [1.29, 1.82) is 0 Å². The maximum Gasteiger partial charge on any atom is 0.233 e. The standard InChI is InChI=1S/C23H29N3O4/c1-30-20-10-5-4-9-19(20)24-13-15-25(16-14-24)21(27)11-6-12-26-22(28)17-7-2-3-8-18(17)23(26)29/h2-5,9-10,17-18H,6-8,11-16H2,1H3/t17-,18-/m1/s1. The highest BCUT2D eigenvalue weighted by Crippen LogP contribution is 2.35. The van der Waals surface area contributed by atoms with E-state index in [0.717, 1.165) is 24.5 Å². The Labute approximate surface area is 177 Å². The van der Waals surface area contributed by atoms with E-state index in [1.165, 1.54) is 4.90 Å². The van der Waals surface area contributed by atoms with Crippen LogP contribution in [0.4, 0.5) is 5.69 Å². The van der Waals surface area contributed by atoms with Crippen LogP contribution in [-0.2, 0) is 14.4 Å². The predicted molar refractivity (Wildman–Crippen MR) is 113 cm³/mol. The molecule has 2 atom stereocenters. The Balaban J connectivity index is 1.24. The van der Waals surface area contributed by atoms with Crippen LogP contribution in [0.25, 0.3) is 0 Å². The van der Waals surface area contributed by atoms with E-state index in [0.29, 0.717) is 45.3 Å². The molecule has 0 aromatic heterocycles. The molecule has 7 nitrogen and oxygen atoms in total. The van der Waals surface area contributed by atoms with E-state index in [1.807, 2.05) is 41.3 Å². The number of imide groups is 1. The average molecular weight is 412 g/mol. The van der Waals surface area contributed by atoms with E-state index in [1.54, 1.807) is 7.11 Å². The van der Waals surface area contributed by atoms with Crippen molar-refractivity contribution in [3.05, 3.63) is 36.4 Å². The van der Waals surface area contributed by atoms with Crippen molar-refractivity contribution in [2.24, 2.45) is 11.8 Å². The Morgan fingerprint density at radius 3 is 2.27 bits per heavy atom. The molecule has 2 heterocycles. The van der Waals surface area contributed by atoms with E-state index < -0.39 is 0 Å². The van der Waals surface area contributed by atoms with Crippen molar-refractivity contribution in [3.8, 4) is 5.75 Å². The monoisotopic (exact) mass is 411 g/mol. The number of para-hydroxylation sites is 2. The van der Waals surface area contributed by atoms with Gasteiger partial charge >= 0.3 is 0 Å². The molecule has 0 unspecified atom stereocenters. The summed E-state index contributed by atoms with van der Waals surface area (Å²) < 4.78 is 5.44. The van der Waals surface area contributed by atoms with Gasteiger partial charge in [-0.2, -0.15) is 0 Å². The molecule has 2 saturated heterocycles. The number of fused-ring (bicyclic) bond motifs is 1. The number of methoxy groups -OCH3 is 1. The van der Waals surface area contributed by atoms with Gasteiger partial charge in [-0.3, -0.25) is 19.3 Å². The molecule has 0 N–H and O–H groups in total. The number of allylic oxidation sites excluding steroid dienone is 2. The third-order valence-electron chi connectivity index (χ3n) is 6.43. The molecule has 0 saturated carbocycles. The second-order valence-corrected chi connectivity index (χ2v) is 8.13. The third-order valence-corrected chi connectivity index (χ3v) is 6.43. The first-order valence-corrected chi connectivity index (χ1v) is 10.8. The summed E-state index contributed by atoms with van der Waals surface area (Å²) in [6.07, 6.45) is 6.17. The van der Waals surface area contributed by atoms with Crippen LogP contribution in [0, 0.1) is 11.8 Å². The number of rotatable bonds is 6. The minimum Gasteiger partial charge on any atom is -0.495 e. The molecule has 0 radical (unpaired) electrons. The molecule has 1 aliphatic carbocycles. The minimum absolute atomic E-state index is 0.0628. The van der Waals surface area contributed by atoms with Crippen LogP contribution in [-0.4, -0.2) is 67.4 Å². The summed E-state index contributed by atoms with van der Waals surface area (Å²) in [5, 5.41) is 0. The largest absolute Gasteiger partial charge is 0.495 e. The van der Waals surface area contributed by atoms with Crippen molar-refractivity contribution in [2.75, 3.05) is 44.7 Å². The van der Waals surface area contributed by atoms with Gasteiger partial charge in [-0.05, 0) is 31.4 Å². The van der Waals surface area contributed by atoms with Crippen LogP contribution in [0.2, 0.25) is 0 Å². The summed E-state index contributed by atoms with van der Waals surface area (Å²) in [7, 11) is 1.67. The maximum atomic E-state index is 12.6. The van der Waals surface area contributed by atoms with Gasteiger partial charge in [0.25, 0.3) is 0 Å². The lowest BCUT2D eigenvalue weighted by Gasteiger charge is -2.36. The molecule has 0 spiro atoms. The molecule has 4 rings (SSSR count). The SMILES string of the molecule is COc1ccccc1N1CCN(C(=O)CCCN2C(=O)[C@@H]3CC=CC[C@H]3C2=O)CC1. The van der Waals surface area contributed by atoms with Crippen molar-refractivity contribution < 1.29 is 19.1 Å². The zero-order valence-electron chi connectivity index (χ0n) is 17.5. The number of carbonyl (C=O) groups excluding carboxylic acids is 3. The van der Waals surface area contributed by atoms with E-state index in [4.69, 9.17) is 4.74 Å². The normalized spacial score (nSPS) is 23.7. The lowest BCUT2D eigenvalue weighted by molar-refractivity contribution is -0.141. The Hall–Kier alpha value is -2.83. The van der Waals surface area contributed by atoms with Gasteiger partial charge in [0.15, 0.2) is 0 Å². The van der Waals surface area contributed by atoms with Crippen molar-refractivity contribution in [1.82, 2.24) is 9.80 Å². The van der Waals surface area contributed by atoms with E-state index in [-0.39, 0.29) is 29.6 Å². The van der Waals surface area contributed by atoms with Crippen LogP contribution in [0.3, 0.4) is 0 Å². The number of hydrogen-bond acceptors (Lipinski definition) is 5. The number of ether oxygens (including phenoxy) is 1. The summed E-state index contributed by atoms with van der Waals surface area (Å²) in [5.41, 5.74) is 1.05. The van der Waals surface area contributed by atoms with Gasteiger partial charge in [-0.15, -0.1) is 0 Å². The molecule has 1 aromatic rings. The summed E-state index contributed by atoms with van der Waals surface area (Å²) in [6, 6.07) is 7.92. The van der Waals surface area contributed by atoms with Crippen LogP contribution < -0.4 is 9.64 Å². The fourth-order valence-electron chi connectivity index (χ4n) is 4.72. The van der Waals surface area contributed by atoms with Crippen LogP contribution in [0.5, 0.6) is 5.75 Å². The summed E-state index contributed by atoms with van der Waals surface area (Å²) in [6.45, 7) is 3.18. The van der Waals surface area contributed by atoms with E-state index >= 15 is 0 Å². The molecule has 3 aliphatic rings. The number of likely N-dealkylation sites (tertiary alicyclic amines) is 1. The molecular weight excluding hydrogens is 382 g/mol. The van der Waals surface area contributed by atoms with Gasteiger partial charge < -0.3 is 14.5 Å². The van der Waals surface area contributed by atoms with Crippen molar-refractivity contribution >= 4 is 23.4 Å². The first-order chi connectivity index (χ1) is 14.6. The molecule has 0 bridgehead atoms. The quantitative estimate of drug-likeness (QED) is 0.530. The Kier molecular flexibility index (Phi) is 6.06. The second-order valence-electron chi connectivity index (χ2n) is 8.13. The molecule has 160 valence electrons. The number of amides is 3. The highest BCUT2D eigenvalue weighted by Gasteiger charge is 2.46. The van der Waals surface area contributed by atoms with Gasteiger partial charge in [0.2, 0.25) is 17.7 Å². The molecule has 3 amide bonds. The van der Waals surface area contributed by atoms with Crippen molar-refractivity contribution in [3.63, 3.8) is 0 Å². The highest BCUT2D eigenvalue weighted by atomic mass is 16.5. The molecule has 2 aliphatic heterocycles. The number of anilines is 1. The molecule has 30 heavy (non-hydrogen) atoms. The van der Waals surface area contributed by atoms with Gasteiger partial charge in [-0.25, -0.2) is 0 Å². The van der Waals surface area contributed by atoms with Crippen LogP contribution >= 0.6 is 0 Å². The third kappa shape index (κ3) is 3.93. The lowest BCUT2D eigenvalue weighted by atomic mass is 9.85. The number of piperazine rings is 1. The first-order valence-electron chi connectivity index (χ1n) is 10.8. The smallest absolute Gasteiger partial charge is 0.233 e. The van der Waals surface area contributed by atoms with Crippen LogP contribution in [0.1, 0.15) is 25.7 Å². The van der Waals surface area contributed by atoms with Gasteiger partial charge in [0, 0.05) is 39.1 Å². The first kappa shape index (κ1) is 20.4. The number of carbonyl (C=O) groups is 3. The van der Waals surface area contributed by atoms with E-state index in [2.05, 4.69) is 4.90 Å². The fourth-order valence-corrected chi connectivity index (χ4v) is 4.72. The number of hydrogen-bond donors (Lipinski definition) is 0. The Morgan fingerprint density at radius 2 is 1.63 bits per heavy atom. The lowest BCUT2D eigenvalue weighted by Crippen LogP contribution is -2.49. The van der Waals surface area contributed by atoms with Gasteiger partial charge in [0.05, 0.1) is 24.6 Å². The number of benzene rings is 1. The molecule has 1 aromatic carbocycles. The minimum atomic E-state index is -0.193. The molecule has 2 fully saturated rings. The van der Waals surface area contributed by atoms with Gasteiger partial charge in [-0.1, -0.05) is 24.3 Å². The predicted octanol–water partition coefficient (Wildman–Crippen LogP) is 2.08. The molecular formula is C23H29N3O4. The molecule has 7 heteroatoms. The number of nitrogens with zero attached hydrogens (tertiary/aromatic N) is 3. The summed E-state index contributed by atoms with van der Waals surface area (Å²) in [4.78, 5) is 43.2. The summed E-state index contributed by atoms with van der Waals surface area (Å²) in [5.74, 6) is 0.419. The zero-order chi connectivity index (χ0) is 21.1. The van der Waals surface area contributed by atoms with Crippen LogP contribution in [0.15, 0.2) is 36.4 Å². The highest BCUT2D eigenvalue weighted by molar-refractivity contribution is 6.05. The van der Waals surface area contributed by atoms with Crippen molar-refractivity contribution in [2.45, 2.75) is 25.7 Å². The maximum absolute atomic E-state index is 12.6. The van der Waals surface area contributed by atoms with E-state index in [9.17, 15) is 14.4 Å². The Morgan fingerprint density at radius 1 is 1.00 bits per heavy atom. The fraction of sp³-hybridized carbons (Fsp3) is 0.522. The average Bonchev–Trinajstić information content (AvgIpc) is 3.04. The van der Waals surface area contributed by atoms with Gasteiger partial charge in [0.1, 0.15) is 5.75 Å². The Bertz CT molecular complexity index is 819.